The molecule has 2 aromatic rings. The monoisotopic (exact) mass is 340 g/mol. The molecule has 130 valence electrons. The van der Waals surface area contributed by atoms with Crippen LogP contribution >= 0.6 is 0 Å². The fourth-order valence-corrected chi connectivity index (χ4v) is 2.43. The first-order valence-corrected chi connectivity index (χ1v) is 7.26. The highest BCUT2D eigenvalue weighted by Gasteiger charge is 2.53. The number of ether oxygens (including phenoxy) is 3. The molecule has 2 aromatic carbocycles. The van der Waals surface area contributed by atoms with Crippen LogP contribution in [0.5, 0.6) is 11.5 Å². The normalized spacial score (nSPS) is 14.1. The van der Waals surface area contributed by atoms with Crippen molar-refractivity contribution in [2.24, 2.45) is 0 Å². The standard InChI is InChI=1S/C18H19F3O3/c1-17(18(19,20)21,13-4-8-15(23-3)9-5-13)14-6-10-16(11-7-14)24-12-22-2/h4-11H,12H2,1-3H3. The maximum atomic E-state index is 13.9. The molecule has 0 aromatic heterocycles. The average Bonchev–Trinajstić information content (AvgIpc) is 2.59. The predicted molar refractivity (Wildman–Crippen MR) is 84.4 cm³/mol. The third kappa shape index (κ3) is 3.48. The van der Waals surface area contributed by atoms with Crippen molar-refractivity contribution in [2.45, 2.75) is 18.5 Å². The number of hydrogen-bond acceptors (Lipinski definition) is 3. The molecule has 24 heavy (non-hydrogen) atoms. The van der Waals surface area contributed by atoms with Gasteiger partial charge in [-0.05, 0) is 42.3 Å². The molecule has 0 saturated heterocycles. The Labute approximate surface area is 139 Å². The second kappa shape index (κ2) is 7.13. The Kier molecular flexibility index (Phi) is 5.39. The molecule has 1 unspecified atom stereocenters. The zero-order valence-corrected chi connectivity index (χ0v) is 13.7. The average molecular weight is 340 g/mol. The van der Waals surface area contributed by atoms with Gasteiger partial charge in [0.25, 0.3) is 0 Å². The highest BCUT2D eigenvalue weighted by Crippen LogP contribution is 2.46. The molecule has 1 atom stereocenters. The van der Waals surface area contributed by atoms with Crippen LogP contribution in [-0.4, -0.2) is 27.2 Å². The molecule has 0 bridgehead atoms. The van der Waals surface area contributed by atoms with E-state index < -0.39 is 11.6 Å². The summed E-state index contributed by atoms with van der Waals surface area (Å²) < 4.78 is 56.7. The van der Waals surface area contributed by atoms with Gasteiger partial charge in [-0.1, -0.05) is 24.3 Å². The number of halogens is 3. The lowest BCUT2D eigenvalue weighted by Gasteiger charge is -2.33. The van der Waals surface area contributed by atoms with Gasteiger partial charge < -0.3 is 14.2 Å². The largest absolute Gasteiger partial charge is 0.497 e. The minimum absolute atomic E-state index is 0.0361. The molecule has 0 saturated carbocycles. The van der Waals surface area contributed by atoms with E-state index in [2.05, 4.69) is 0 Å². The third-order valence-electron chi connectivity index (χ3n) is 4.01. The van der Waals surface area contributed by atoms with E-state index in [4.69, 9.17) is 14.2 Å². The van der Waals surface area contributed by atoms with Gasteiger partial charge in [0.05, 0.1) is 7.11 Å². The molecular weight excluding hydrogens is 321 g/mol. The van der Waals surface area contributed by atoms with Crippen LogP contribution in [0.25, 0.3) is 0 Å². The Bertz CT molecular complexity index is 651. The number of hydrogen-bond donors (Lipinski definition) is 0. The molecule has 6 heteroatoms. The summed E-state index contributed by atoms with van der Waals surface area (Å²) >= 11 is 0. The van der Waals surface area contributed by atoms with E-state index in [0.717, 1.165) is 0 Å². The fraction of sp³-hybridized carbons (Fsp3) is 0.333. The van der Waals surface area contributed by atoms with E-state index in [9.17, 15) is 13.2 Å². The van der Waals surface area contributed by atoms with Crippen LogP contribution in [0.2, 0.25) is 0 Å². The lowest BCUT2D eigenvalue weighted by atomic mass is 9.75. The minimum atomic E-state index is -4.46. The van der Waals surface area contributed by atoms with Crippen LogP contribution in [0.4, 0.5) is 13.2 Å². The van der Waals surface area contributed by atoms with Crippen molar-refractivity contribution < 1.29 is 27.4 Å². The Morgan fingerprint density at radius 2 is 1.25 bits per heavy atom. The first kappa shape index (κ1) is 18.1. The van der Waals surface area contributed by atoms with Crippen molar-refractivity contribution in [1.82, 2.24) is 0 Å². The Hall–Kier alpha value is -2.21. The number of alkyl halides is 3. The maximum Gasteiger partial charge on any atom is 0.402 e. The van der Waals surface area contributed by atoms with Crippen LogP contribution in [0.3, 0.4) is 0 Å². The Balaban J connectivity index is 2.43. The summed E-state index contributed by atoms with van der Waals surface area (Å²) in [5.74, 6) is 0.950. The molecule has 0 fully saturated rings. The molecule has 0 amide bonds. The lowest BCUT2D eigenvalue weighted by molar-refractivity contribution is -0.173. The highest BCUT2D eigenvalue weighted by molar-refractivity contribution is 5.44. The zero-order valence-electron chi connectivity index (χ0n) is 13.7. The number of rotatable bonds is 6. The van der Waals surface area contributed by atoms with Crippen molar-refractivity contribution in [1.29, 1.82) is 0 Å². The van der Waals surface area contributed by atoms with E-state index in [1.54, 1.807) is 0 Å². The van der Waals surface area contributed by atoms with Gasteiger partial charge in [0.2, 0.25) is 0 Å². The van der Waals surface area contributed by atoms with Crippen molar-refractivity contribution >= 4 is 0 Å². The zero-order chi connectivity index (χ0) is 17.8. The summed E-state index contributed by atoms with van der Waals surface area (Å²) in [6, 6.07) is 11.8. The molecule has 0 aliphatic carbocycles. The van der Waals surface area contributed by atoms with E-state index in [1.807, 2.05) is 0 Å². The van der Waals surface area contributed by atoms with Gasteiger partial charge in [-0.2, -0.15) is 13.2 Å². The topological polar surface area (TPSA) is 27.7 Å². The SMILES string of the molecule is COCOc1ccc(C(C)(c2ccc(OC)cc2)C(F)(F)F)cc1. The van der Waals surface area contributed by atoms with Gasteiger partial charge >= 0.3 is 6.18 Å². The van der Waals surface area contributed by atoms with Crippen molar-refractivity contribution in [3.8, 4) is 11.5 Å². The highest BCUT2D eigenvalue weighted by atomic mass is 19.4. The van der Waals surface area contributed by atoms with Gasteiger partial charge in [0.15, 0.2) is 6.79 Å². The smallest absolute Gasteiger partial charge is 0.402 e. The summed E-state index contributed by atoms with van der Waals surface area (Å²) in [5, 5.41) is 0. The second-order valence-electron chi connectivity index (χ2n) is 5.43. The molecule has 0 N–H and O–H groups in total. The maximum absolute atomic E-state index is 13.9. The lowest BCUT2D eigenvalue weighted by Crippen LogP contribution is -2.40. The summed E-state index contributed by atoms with van der Waals surface area (Å²) in [5.41, 5.74) is -1.87. The van der Waals surface area contributed by atoms with Crippen LogP contribution < -0.4 is 9.47 Å². The first-order valence-electron chi connectivity index (χ1n) is 7.26. The van der Waals surface area contributed by atoms with E-state index in [1.165, 1.54) is 69.7 Å². The Morgan fingerprint density at radius 3 is 1.62 bits per heavy atom. The van der Waals surface area contributed by atoms with Crippen LogP contribution in [-0.2, 0) is 10.2 Å². The second-order valence-corrected chi connectivity index (χ2v) is 5.43. The van der Waals surface area contributed by atoms with Crippen molar-refractivity contribution in [2.75, 3.05) is 21.0 Å². The first-order chi connectivity index (χ1) is 11.3. The predicted octanol–water partition coefficient (Wildman–Crippen LogP) is 4.55. The van der Waals surface area contributed by atoms with Gasteiger partial charge in [-0.15, -0.1) is 0 Å². The molecule has 0 aliphatic heterocycles. The molecular formula is C18H19F3O3. The molecule has 0 aliphatic rings. The van der Waals surface area contributed by atoms with Crippen LogP contribution in [0.15, 0.2) is 48.5 Å². The van der Waals surface area contributed by atoms with Gasteiger partial charge in [-0.25, -0.2) is 0 Å². The van der Waals surface area contributed by atoms with Gasteiger partial charge in [-0.3, -0.25) is 0 Å². The summed E-state index contributed by atoms with van der Waals surface area (Å²) in [6.45, 7) is 1.20. The minimum Gasteiger partial charge on any atom is -0.497 e. The molecule has 2 rings (SSSR count). The molecule has 0 radical (unpaired) electrons. The quantitative estimate of drug-likeness (QED) is 0.722. The van der Waals surface area contributed by atoms with Crippen molar-refractivity contribution in [3.05, 3.63) is 59.7 Å². The molecule has 0 spiro atoms. The summed E-state index contributed by atoms with van der Waals surface area (Å²) in [4.78, 5) is 0. The molecule has 0 heterocycles. The fourth-order valence-electron chi connectivity index (χ4n) is 2.43. The van der Waals surface area contributed by atoms with E-state index in [-0.39, 0.29) is 17.9 Å². The Morgan fingerprint density at radius 1 is 0.792 bits per heavy atom. The van der Waals surface area contributed by atoms with Crippen molar-refractivity contribution in [3.63, 3.8) is 0 Å². The van der Waals surface area contributed by atoms with E-state index in [0.29, 0.717) is 11.5 Å². The van der Waals surface area contributed by atoms with E-state index >= 15 is 0 Å². The summed E-state index contributed by atoms with van der Waals surface area (Å²) in [7, 11) is 2.94. The van der Waals surface area contributed by atoms with Gasteiger partial charge in [0, 0.05) is 7.11 Å². The number of methoxy groups -OCH3 is 2. The van der Waals surface area contributed by atoms with Crippen LogP contribution in [0, 0.1) is 0 Å². The number of benzene rings is 2. The third-order valence-corrected chi connectivity index (χ3v) is 4.01. The summed E-state index contributed by atoms with van der Waals surface area (Å²) in [6.07, 6.45) is -4.46. The molecule has 3 nitrogen and oxygen atoms in total. The van der Waals surface area contributed by atoms with Gasteiger partial charge in [0.1, 0.15) is 16.9 Å². The van der Waals surface area contributed by atoms with Crippen LogP contribution in [0.1, 0.15) is 18.1 Å².